The quantitative estimate of drug-likeness (QED) is 0.595. The zero-order valence-corrected chi connectivity index (χ0v) is 8.66. The Morgan fingerprint density at radius 3 is 2.80 bits per heavy atom. The highest BCUT2D eigenvalue weighted by molar-refractivity contribution is 5.89. The number of nitrogens with one attached hydrogen (secondary N) is 1. The summed E-state index contributed by atoms with van der Waals surface area (Å²) in [6.45, 7) is 0.413. The van der Waals surface area contributed by atoms with Gasteiger partial charge in [-0.3, -0.25) is 14.4 Å². The fraction of sp³-hybridized carbons (Fsp3) is 0.667. The summed E-state index contributed by atoms with van der Waals surface area (Å²) in [5.41, 5.74) is 4.98. The van der Waals surface area contributed by atoms with Crippen LogP contribution in [0.5, 0.6) is 0 Å². The molecule has 0 aromatic carbocycles. The van der Waals surface area contributed by atoms with Gasteiger partial charge < -0.3 is 16.0 Å². The minimum Gasteiger partial charge on any atom is -0.368 e. The Kier molecular flexibility index (Phi) is 3.65. The fourth-order valence-electron chi connectivity index (χ4n) is 1.62. The molecule has 0 spiro atoms. The van der Waals surface area contributed by atoms with E-state index in [9.17, 15) is 14.4 Å². The lowest BCUT2D eigenvalue weighted by Gasteiger charge is -2.25. The third kappa shape index (κ3) is 3.23. The van der Waals surface area contributed by atoms with Crippen molar-refractivity contribution in [3.63, 3.8) is 0 Å². The number of primary amides is 1. The number of amides is 3. The van der Waals surface area contributed by atoms with E-state index >= 15 is 0 Å². The summed E-state index contributed by atoms with van der Waals surface area (Å²) < 4.78 is 0. The van der Waals surface area contributed by atoms with E-state index < -0.39 is 5.91 Å². The molecule has 6 heteroatoms. The Bertz CT molecular complexity index is 290. The molecule has 1 saturated heterocycles. The molecule has 0 radical (unpaired) electrons. The predicted molar refractivity (Wildman–Crippen MR) is 52.6 cm³/mol. The number of nitrogens with two attached hydrogens (primary N) is 1. The topological polar surface area (TPSA) is 92.5 Å². The minimum absolute atomic E-state index is 0.100. The van der Waals surface area contributed by atoms with Gasteiger partial charge in [0.15, 0.2) is 0 Å². The summed E-state index contributed by atoms with van der Waals surface area (Å²) in [6, 6.07) is 0. The molecule has 3 N–H and O–H groups in total. The summed E-state index contributed by atoms with van der Waals surface area (Å²) in [6.07, 6.45) is 0.815. The van der Waals surface area contributed by atoms with Crippen LogP contribution in [-0.2, 0) is 14.4 Å². The lowest BCUT2D eigenvalue weighted by Crippen LogP contribution is -2.44. The van der Waals surface area contributed by atoms with Gasteiger partial charge in [0.1, 0.15) is 0 Å². The van der Waals surface area contributed by atoms with Gasteiger partial charge in [-0.1, -0.05) is 0 Å². The molecular weight excluding hydrogens is 198 g/mol. The average Bonchev–Trinajstić information content (AvgIpc) is 2.15. The lowest BCUT2D eigenvalue weighted by atomic mass is 9.96. The molecule has 6 nitrogen and oxygen atoms in total. The highest BCUT2D eigenvalue weighted by Crippen LogP contribution is 2.14. The predicted octanol–water partition coefficient (Wildman–Crippen LogP) is -1.54. The van der Waals surface area contributed by atoms with Crippen molar-refractivity contribution >= 4 is 17.7 Å². The first-order valence-corrected chi connectivity index (χ1v) is 4.80. The molecule has 1 heterocycles. The van der Waals surface area contributed by atoms with Crippen molar-refractivity contribution in [3.8, 4) is 0 Å². The third-order valence-corrected chi connectivity index (χ3v) is 2.37. The van der Waals surface area contributed by atoms with E-state index in [-0.39, 0.29) is 30.7 Å². The van der Waals surface area contributed by atoms with E-state index in [1.165, 1.54) is 11.9 Å². The Balaban J connectivity index is 2.51. The smallest absolute Gasteiger partial charge is 0.237 e. The standard InChI is InChI=1S/C9H15N3O3/c1-12(5-7(10)13)9(15)6-2-3-11-8(14)4-6/h6H,2-5H2,1H3,(H2,10,13)(H,11,14). The SMILES string of the molecule is CN(CC(N)=O)C(=O)C1CCNC(=O)C1. The van der Waals surface area contributed by atoms with Crippen LogP contribution in [0, 0.1) is 5.92 Å². The number of nitrogens with zero attached hydrogens (tertiary/aromatic N) is 1. The van der Waals surface area contributed by atoms with Crippen LogP contribution in [0.3, 0.4) is 0 Å². The lowest BCUT2D eigenvalue weighted by molar-refractivity contribution is -0.140. The maximum atomic E-state index is 11.7. The first-order chi connectivity index (χ1) is 7.00. The zero-order valence-electron chi connectivity index (χ0n) is 8.66. The molecule has 1 atom stereocenters. The van der Waals surface area contributed by atoms with Crippen LogP contribution >= 0.6 is 0 Å². The van der Waals surface area contributed by atoms with Crippen LogP contribution in [0.2, 0.25) is 0 Å². The normalized spacial score (nSPS) is 20.6. The highest BCUT2D eigenvalue weighted by Gasteiger charge is 2.28. The molecule has 0 saturated carbocycles. The molecule has 0 aromatic rings. The van der Waals surface area contributed by atoms with Gasteiger partial charge in [0, 0.05) is 25.9 Å². The molecule has 1 fully saturated rings. The molecule has 1 unspecified atom stereocenters. The highest BCUT2D eigenvalue weighted by atomic mass is 16.2. The van der Waals surface area contributed by atoms with Crippen LogP contribution in [-0.4, -0.2) is 42.8 Å². The third-order valence-electron chi connectivity index (χ3n) is 2.37. The monoisotopic (exact) mass is 213 g/mol. The van der Waals surface area contributed by atoms with Crippen LogP contribution in [0.25, 0.3) is 0 Å². The first kappa shape index (κ1) is 11.5. The molecule has 3 amide bonds. The van der Waals surface area contributed by atoms with Gasteiger partial charge in [0.05, 0.1) is 6.54 Å². The van der Waals surface area contributed by atoms with Crippen molar-refractivity contribution in [1.29, 1.82) is 0 Å². The molecule has 1 rings (SSSR count). The largest absolute Gasteiger partial charge is 0.368 e. The Morgan fingerprint density at radius 2 is 2.27 bits per heavy atom. The Labute approximate surface area is 87.8 Å². The second-order valence-corrected chi connectivity index (χ2v) is 3.70. The van der Waals surface area contributed by atoms with Crippen molar-refractivity contribution in [2.24, 2.45) is 11.7 Å². The van der Waals surface area contributed by atoms with E-state index in [1.807, 2.05) is 0 Å². The number of rotatable bonds is 3. The van der Waals surface area contributed by atoms with Crippen LogP contribution in [0.4, 0.5) is 0 Å². The molecular formula is C9H15N3O3. The number of hydrogen-bond donors (Lipinski definition) is 2. The van der Waals surface area contributed by atoms with Gasteiger partial charge in [-0.15, -0.1) is 0 Å². The van der Waals surface area contributed by atoms with Crippen molar-refractivity contribution in [3.05, 3.63) is 0 Å². The molecule has 0 aliphatic carbocycles. The number of carbonyl (C=O) groups is 3. The molecule has 84 valence electrons. The molecule has 15 heavy (non-hydrogen) atoms. The van der Waals surface area contributed by atoms with Crippen LogP contribution in [0.15, 0.2) is 0 Å². The minimum atomic E-state index is -0.550. The van der Waals surface area contributed by atoms with Crippen molar-refractivity contribution < 1.29 is 14.4 Å². The maximum absolute atomic E-state index is 11.7. The van der Waals surface area contributed by atoms with Crippen LogP contribution < -0.4 is 11.1 Å². The number of likely N-dealkylation sites (N-methyl/N-ethyl adjacent to an activating group) is 1. The second kappa shape index (κ2) is 4.77. The Hall–Kier alpha value is -1.59. The van der Waals surface area contributed by atoms with Gasteiger partial charge in [-0.25, -0.2) is 0 Å². The molecule has 0 aromatic heterocycles. The van der Waals surface area contributed by atoms with E-state index in [0.29, 0.717) is 13.0 Å². The number of piperidine rings is 1. The van der Waals surface area contributed by atoms with E-state index in [1.54, 1.807) is 0 Å². The average molecular weight is 213 g/mol. The Morgan fingerprint density at radius 1 is 1.60 bits per heavy atom. The van der Waals surface area contributed by atoms with E-state index in [0.717, 1.165) is 0 Å². The molecule has 1 aliphatic heterocycles. The van der Waals surface area contributed by atoms with Crippen molar-refractivity contribution in [2.45, 2.75) is 12.8 Å². The fourth-order valence-corrected chi connectivity index (χ4v) is 1.62. The van der Waals surface area contributed by atoms with Gasteiger partial charge in [-0.05, 0) is 6.42 Å². The van der Waals surface area contributed by atoms with Crippen LogP contribution in [0.1, 0.15) is 12.8 Å². The van der Waals surface area contributed by atoms with Crippen molar-refractivity contribution in [1.82, 2.24) is 10.2 Å². The van der Waals surface area contributed by atoms with E-state index in [2.05, 4.69) is 5.32 Å². The van der Waals surface area contributed by atoms with Gasteiger partial charge in [0.25, 0.3) is 0 Å². The first-order valence-electron chi connectivity index (χ1n) is 4.80. The van der Waals surface area contributed by atoms with Gasteiger partial charge in [0.2, 0.25) is 17.7 Å². The zero-order chi connectivity index (χ0) is 11.4. The number of carbonyl (C=O) groups excluding carboxylic acids is 3. The molecule has 1 aliphatic rings. The summed E-state index contributed by atoms with van der Waals surface area (Å²) in [5, 5.41) is 2.65. The number of hydrogen-bond acceptors (Lipinski definition) is 3. The molecule has 0 bridgehead atoms. The second-order valence-electron chi connectivity index (χ2n) is 3.70. The maximum Gasteiger partial charge on any atom is 0.237 e. The van der Waals surface area contributed by atoms with Crippen molar-refractivity contribution in [2.75, 3.05) is 20.1 Å². The van der Waals surface area contributed by atoms with E-state index in [4.69, 9.17) is 5.73 Å². The van der Waals surface area contributed by atoms with Gasteiger partial charge in [-0.2, -0.15) is 0 Å². The summed E-state index contributed by atoms with van der Waals surface area (Å²) in [5.74, 6) is -1.18. The van der Waals surface area contributed by atoms with Gasteiger partial charge >= 0.3 is 0 Å². The summed E-state index contributed by atoms with van der Waals surface area (Å²) in [7, 11) is 1.51. The summed E-state index contributed by atoms with van der Waals surface area (Å²) >= 11 is 0. The summed E-state index contributed by atoms with van der Waals surface area (Å²) in [4.78, 5) is 34.6.